The van der Waals surface area contributed by atoms with E-state index in [9.17, 15) is 0 Å². The summed E-state index contributed by atoms with van der Waals surface area (Å²) in [5.41, 5.74) is 1.25. The number of benzene rings is 2. The minimum absolute atomic E-state index is 0.246. The average molecular weight is 351 g/mol. The summed E-state index contributed by atoms with van der Waals surface area (Å²) in [5, 5.41) is 0.696. The summed E-state index contributed by atoms with van der Waals surface area (Å²) in [6.45, 7) is 4.71. The van der Waals surface area contributed by atoms with Crippen LogP contribution in [0, 0.1) is 5.41 Å². The highest BCUT2D eigenvalue weighted by atomic mass is 35.5. The Labute approximate surface area is 147 Å². The highest BCUT2D eigenvalue weighted by Crippen LogP contribution is 2.33. The quantitative estimate of drug-likeness (QED) is 0.546. The second-order valence-electron chi connectivity index (χ2n) is 5.82. The Morgan fingerprint density at radius 1 is 1.00 bits per heavy atom. The maximum Gasteiger partial charge on any atom is 0.127 e. The number of halogens is 2. The normalized spacial score (nSPS) is 12.1. The average Bonchev–Trinajstić information content (AvgIpc) is 2.55. The molecule has 0 aliphatic rings. The Kier molecular flexibility index (Phi) is 6.37. The molecule has 0 amide bonds. The van der Waals surface area contributed by atoms with Gasteiger partial charge in [-0.1, -0.05) is 55.2 Å². The molecule has 2 aromatic rings. The molecule has 2 nitrogen and oxygen atoms in total. The first kappa shape index (κ1) is 17.7. The van der Waals surface area contributed by atoms with Crippen molar-refractivity contribution in [3.63, 3.8) is 0 Å². The molecule has 0 bridgehead atoms. The van der Waals surface area contributed by atoms with Crippen LogP contribution in [0.3, 0.4) is 0 Å². The largest absolute Gasteiger partial charge is 0.494 e. The van der Waals surface area contributed by atoms with E-state index in [1.807, 2.05) is 54.6 Å². The summed E-state index contributed by atoms with van der Waals surface area (Å²) in [6.07, 6.45) is 0.765. The molecular weight excluding hydrogens is 331 g/mol. The van der Waals surface area contributed by atoms with Crippen LogP contribution >= 0.6 is 23.2 Å². The van der Waals surface area contributed by atoms with Gasteiger partial charge in [-0.05, 0) is 42.8 Å². The van der Waals surface area contributed by atoms with Gasteiger partial charge in [-0.2, -0.15) is 0 Å². The van der Waals surface area contributed by atoms with Gasteiger partial charge in [0.25, 0.3) is 0 Å². The SMILES string of the molecule is CC(C)(CCOc1ccc(Cl)cc1)/C(=C/Cl)Oc1ccccc1. The maximum absolute atomic E-state index is 5.97. The highest BCUT2D eigenvalue weighted by molar-refractivity contribution is 6.30. The third-order valence-corrected chi connectivity index (χ3v) is 4.00. The van der Waals surface area contributed by atoms with Gasteiger partial charge in [-0.15, -0.1) is 0 Å². The highest BCUT2D eigenvalue weighted by Gasteiger charge is 2.25. The third kappa shape index (κ3) is 5.49. The first-order valence-electron chi connectivity index (χ1n) is 7.43. The van der Waals surface area contributed by atoms with Crippen molar-refractivity contribution in [1.82, 2.24) is 0 Å². The van der Waals surface area contributed by atoms with Crippen LogP contribution in [-0.2, 0) is 0 Å². The van der Waals surface area contributed by atoms with Crippen LogP contribution in [0.25, 0.3) is 0 Å². The van der Waals surface area contributed by atoms with Crippen molar-refractivity contribution in [2.75, 3.05) is 6.61 Å². The number of allylic oxidation sites excluding steroid dienone is 1. The fraction of sp³-hybridized carbons (Fsp3) is 0.263. The molecule has 0 aromatic heterocycles. The molecule has 2 aromatic carbocycles. The fourth-order valence-electron chi connectivity index (χ4n) is 2.00. The van der Waals surface area contributed by atoms with Crippen molar-refractivity contribution in [1.29, 1.82) is 0 Å². The van der Waals surface area contributed by atoms with Crippen LogP contribution in [0.5, 0.6) is 11.5 Å². The molecule has 0 unspecified atom stereocenters. The molecule has 0 N–H and O–H groups in total. The van der Waals surface area contributed by atoms with E-state index in [1.54, 1.807) is 0 Å². The zero-order valence-corrected chi connectivity index (χ0v) is 14.8. The molecule has 0 saturated heterocycles. The van der Waals surface area contributed by atoms with Crippen molar-refractivity contribution < 1.29 is 9.47 Å². The molecule has 23 heavy (non-hydrogen) atoms. The first-order valence-corrected chi connectivity index (χ1v) is 8.25. The molecular formula is C19H20Cl2O2. The Morgan fingerprint density at radius 2 is 1.65 bits per heavy atom. The van der Waals surface area contributed by atoms with E-state index in [0.29, 0.717) is 17.4 Å². The molecule has 2 rings (SSSR count). The summed E-state index contributed by atoms with van der Waals surface area (Å²) in [4.78, 5) is 0. The molecule has 0 aliphatic heterocycles. The minimum atomic E-state index is -0.246. The van der Waals surface area contributed by atoms with E-state index in [0.717, 1.165) is 17.9 Å². The minimum Gasteiger partial charge on any atom is -0.494 e. The molecule has 0 spiro atoms. The summed E-state index contributed by atoms with van der Waals surface area (Å²) in [7, 11) is 0. The van der Waals surface area contributed by atoms with Gasteiger partial charge in [0.05, 0.1) is 6.61 Å². The van der Waals surface area contributed by atoms with Crippen molar-refractivity contribution in [3.05, 3.63) is 70.9 Å². The lowest BCUT2D eigenvalue weighted by atomic mass is 9.88. The van der Waals surface area contributed by atoms with Crippen LogP contribution in [0.15, 0.2) is 65.9 Å². The van der Waals surface area contributed by atoms with Crippen LogP contribution < -0.4 is 9.47 Å². The fourth-order valence-corrected chi connectivity index (χ4v) is 2.47. The summed E-state index contributed by atoms with van der Waals surface area (Å²) in [6, 6.07) is 16.9. The number of para-hydroxylation sites is 1. The number of ether oxygens (including phenoxy) is 2. The lowest BCUT2D eigenvalue weighted by molar-refractivity contribution is 0.206. The van der Waals surface area contributed by atoms with Crippen molar-refractivity contribution in [2.24, 2.45) is 5.41 Å². The molecule has 0 saturated carbocycles. The Balaban J connectivity index is 1.92. The third-order valence-electron chi connectivity index (χ3n) is 3.55. The van der Waals surface area contributed by atoms with Crippen LogP contribution in [0.2, 0.25) is 5.02 Å². The van der Waals surface area contributed by atoms with E-state index in [-0.39, 0.29) is 5.41 Å². The number of hydrogen-bond acceptors (Lipinski definition) is 2. The van der Waals surface area contributed by atoms with Gasteiger partial charge in [0, 0.05) is 16.0 Å². The second kappa shape index (κ2) is 8.28. The molecule has 0 fully saturated rings. The van der Waals surface area contributed by atoms with Gasteiger partial charge in [-0.25, -0.2) is 0 Å². The standard InChI is InChI=1S/C19H20Cl2O2/c1-19(2,12-13-22-16-10-8-15(21)9-11-16)18(14-20)23-17-6-4-3-5-7-17/h3-11,14H,12-13H2,1-2H3/b18-14-. The zero-order chi connectivity index (χ0) is 16.7. The second-order valence-corrected chi connectivity index (χ2v) is 6.48. The maximum atomic E-state index is 5.97. The van der Waals surface area contributed by atoms with Gasteiger partial charge in [-0.3, -0.25) is 0 Å². The predicted octanol–water partition coefficient (Wildman–Crippen LogP) is 6.29. The Bertz CT molecular complexity index is 634. The van der Waals surface area contributed by atoms with Gasteiger partial charge in [0.2, 0.25) is 0 Å². The number of rotatable bonds is 7. The lowest BCUT2D eigenvalue weighted by Gasteiger charge is -2.27. The molecule has 0 atom stereocenters. The lowest BCUT2D eigenvalue weighted by Crippen LogP contribution is -2.22. The molecule has 4 heteroatoms. The van der Waals surface area contributed by atoms with Crippen LogP contribution in [0.1, 0.15) is 20.3 Å². The zero-order valence-electron chi connectivity index (χ0n) is 13.3. The molecule has 0 heterocycles. The summed E-state index contributed by atoms with van der Waals surface area (Å²) in [5.74, 6) is 2.28. The van der Waals surface area contributed by atoms with E-state index in [2.05, 4.69) is 13.8 Å². The van der Waals surface area contributed by atoms with E-state index < -0.39 is 0 Å². The van der Waals surface area contributed by atoms with Gasteiger partial charge >= 0.3 is 0 Å². The van der Waals surface area contributed by atoms with Crippen molar-refractivity contribution in [3.8, 4) is 11.5 Å². The topological polar surface area (TPSA) is 18.5 Å². The molecule has 0 aliphatic carbocycles. The Morgan fingerprint density at radius 3 is 2.26 bits per heavy atom. The first-order chi connectivity index (χ1) is 11.0. The smallest absolute Gasteiger partial charge is 0.127 e. The van der Waals surface area contributed by atoms with Gasteiger partial charge in [0.1, 0.15) is 17.3 Å². The Hall–Kier alpha value is -1.64. The van der Waals surface area contributed by atoms with E-state index >= 15 is 0 Å². The van der Waals surface area contributed by atoms with Crippen LogP contribution in [-0.4, -0.2) is 6.61 Å². The van der Waals surface area contributed by atoms with Gasteiger partial charge in [0.15, 0.2) is 0 Å². The van der Waals surface area contributed by atoms with E-state index in [1.165, 1.54) is 5.54 Å². The van der Waals surface area contributed by atoms with Crippen molar-refractivity contribution >= 4 is 23.2 Å². The van der Waals surface area contributed by atoms with E-state index in [4.69, 9.17) is 32.7 Å². The van der Waals surface area contributed by atoms with Crippen LogP contribution in [0.4, 0.5) is 0 Å². The summed E-state index contributed by atoms with van der Waals surface area (Å²) < 4.78 is 11.7. The predicted molar refractivity (Wildman–Crippen MR) is 96.4 cm³/mol. The molecule has 0 radical (unpaired) electrons. The van der Waals surface area contributed by atoms with Gasteiger partial charge < -0.3 is 9.47 Å². The molecule has 122 valence electrons. The van der Waals surface area contributed by atoms with Crippen molar-refractivity contribution in [2.45, 2.75) is 20.3 Å². The summed E-state index contributed by atoms with van der Waals surface area (Å²) >= 11 is 11.8. The number of hydrogen-bond donors (Lipinski definition) is 0. The monoisotopic (exact) mass is 350 g/mol.